The molecular weight excluding hydrogens is 314 g/mol. The molecule has 0 bridgehead atoms. The molecule has 1 amide bonds. The second-order valence-corrected chi connectivity index (χ2v) is 6.63. The van der Waals surface area contributed by atoms with E-state index >= 15 is 0 Å². The molecule has 0 saturated carbocycles. The molecule has 0 unspecified atom stereocenters. The first-order chi connectivity index (χ1) is 12.1. The van der Waals surface area contributed by atoms with Gasteiger partial charge < -0.3 is 14.9 Å². The van der Waals surface area contributed by atoms with Crippen LogP contribution in [-0.4, -0.2) is 48.1 Å². The summed E-state index contributed by atoms with van der Waals surface area (Å²) in [5.41, 5.74) is 3.13. The summed E-state index contributed by atoms with van der Waals surface area (Å²) in [4.78, 5) is 21.3. The summed E-state index contributed by atoms with van der Waals surface area (Å²) < 4.78 is 0. The molecule has 1 atom stereocenters. The van der Waals surface area contributed by atoms with Crippen molar-refractivity contribution in [2.45, 2.75) is 25.3 Å². The lowest BCUT2D eigenvalue weighted by Gasteiger charge is -2.30. The van der Waals surface area contributed by atoms with E-state index < -0.39 is 0 Å². The fraction of sp³-hybridized carbons (Fsp3) is 0.400. The summed E-state index contributed by atoms with van der Waals surface area (Å²) in [6.45, 7) is 0.625. The van der Waals surface area contributed by atoms with Crippen LogP contribution in [0.4, 0.5) is 5.82 Å². The Labute approximate surface area is 148 Å². The number of carbonyl (C=O) groups is 1. The van der Waals surface area contributed by atoms with Gasteiger partial charge >= 0.3 is 0 Å². The van der Waals surface area contributed by atoms with Crippen LogP contribution < -0.4 is 4.90 Å². The van der Waals surface area contributed by atoms with E-state index in [9.17, 15) is 9.90 Å². The Morgan fingerprint density at radius 3 is 2.72 bits per heavy atom. The van der Waals surface area contributed by atoms with Crippen LogP contribution in [0, 0.1) is 0 Å². The quantitative estimate of drug-likeness (QED) is 0.879. The minimum Gasteiger partial charge on any atom is -0.396 e. The third-order valence-electron chi connectivity index (χ3n) is 4.75. The van der Waals surface area contributed by atoms with E-state index in [4.69, 9.17) is 0 Å². The van der Waals surface area contributed by atoms with Crippen molar-refractivity contribution in [3.8, 4) is 0 Å². The predicted molar refractivity (Wildman–Crippen MR) is 98.8 cm³/mol. The van der Waals surface area contributed by atoms with Gasteiger partial charge in [-0.2, -0.15) is 0 Å². The van der Waals surface area contributed by atoms with Crippen molar-refractivity contribution in [3.63, 3.8) is 0 Å². The number of benzene rings is 1. The number of aromatic nitrogens is 1. The minimum atomic E-state index is -0.0204. The van der Waals surface area contributed by atoms with Gasteiger partial charge in [0.05, 0.1) is 11.6 Å². The van der Waals surface area contributed by atoms with Gasteiger partial charge in [0.2, 0.25) is 0 Å². The fourth-order valence-corrected chi connectivity index (χ4v) is 3.44. The molecule has 0 spiro atoms. The Hall–Kier alpha value is -2.40. The van der Waals surface area contributed by atoms with Gasteiger partial charge in [0.25, 0.3) is 5.91 Å². The first kappa shape index (κ1) is 17.4. The maximum absolute atomic E-state index is 13.1. The molecular formula is C20H25N3O2. The molecule has 1 aliphatic carbocycles. The molecule has 0 saturated heterocycles. The summed E-state index contributed by atoms with van der Waals surface area (Å²) >= 11 is 0. The maximum Gasteiger partial charge on any atom is 0.255 e. The summed E-state index contributed by atoms with van der Waals surface area (Å²) in [7, 11) is 3.85. The van der Waals surface area contributed by atoms with E-state index in [0.29, 0.717) is 18.5 Å². The molecule has 3 rings (SSSR count). The van der Waals surface area contributed by atoms with E-state index in [1.54, 1.807) is 6.20 Å². The third kappa shape index (κ3) is 3.66. The lowest BCUT2D eigenvalue weighted by Crippen LogP contribution is -2.35. The molecule has 0 radical (unpaired) electrons. The summed E-state index contributed by atoms with van der Waals surface area (Å²) in [6, 6.07) is 12.1. The van der Waals surface area contributed by atoms with Gasteiger partial charge in [-0.1, -0.05) is 24.3 Å². The Morgan fingerprint density at radius 1 is 1.24 bits per heavy atom. The minimum absolute atomic E-state index is 0.0204. The SMILES string of the molecule is CN(C)c1ccc(C(=O)N(CCCO)[C@H]2CCc3ccccc32)cn1. The second-order valence-electron chi connectivity index (χ2n) is 6.63. The van der Waals surface area contributed by atoms with Gasteiger partial charge in [-0.3, -0.25) is 4.79 Å². The van der Waals surface area contributed by atoms with Crippen molar-refractivity contribution in [2.24, 2.45) is 0 Å². The molecule has 0 fully saturated rings. The average Bonchev–Trinajstić information content (AvgIpc) is 3.06. The monoisotopic (exact) mass is 339 g/mol. The number of hydrogen-bond donors (Lipinski definition) is 1. The fourth-order valence-electron chi connectivity index (χ4n) is 3.44. The van der Waals surface area contributed by atoms with Crippen molar-refractivity contribution in [1.82, 2.24) is 9.88 Å². The number of carbonyl (C=O) groups excluding carboxylic acids is 1. The number of aliphatic hydroxyl groups is 1. The lowest BCUT2D eigenvalue weighted by atomic mass is 10.1. The highest BCUT2D eigenvalue weighted by molar-refractivity contribution is 5.94. The van der Waals surface area contributed by atoms with Crippen molar-refractivity contribution < 1.29 is 9.90 Å². The molecule has 1 aliphatic rings. The number of anilines is 1. The average molecular weight is 339 g/mol. The molecule has 5 nitrogen and oxygen atoms in total. The van der Waals surface area contributed by atoms with E-state index in [1.807, 2.05) is 48.2 Å². The second kappa shape index (κ2) is 7.66. The number of rotatable bonds is 6. The van der Waals surface area contributed by atoms with E-state index in [2.05, 4.69) is 17.1 Å². The van der Waals surface area contributed by atoms with Crippen molar-refractivity contribution in [2.75, 3.05) is 32.1 Å². The Kier molecular flexibility index (Phi) is 5.34. The van der Waals surface area contributed by atoms with Crippen LogP contribution in [-0.2, 0) is 6.42 Å². The highest BCUT2D eigenvalue weighted by Gasteiger charge is 2.31. The molecule has 1 aromatic heterocycles. The zero-order chi connectivity index (χ0) is 17.8. The van der Waals surface area contributed by atoms with Crippen LogP contribution in [0.25, 0.3) is 0 Å². The lowest BCUT2D eigenvalue weighted by molar-refractivity contribution is 0.0661. The highest BCUT2D eigenvalue weighted by atomic mass is 16.3. The first-order valence-electron chi connectivity index (χ1n) is 8.75. The predicted octanol–water partition coefficient (Wildman–Crippen LogP) is 2.66. The van der Waals surface area contributed by atoms with Gasteiger partial charge in [-0.25, -0.2) is 4.98 Å². The molecule has 1 heterocycles. The van der Waals surface area contributed by atoms with Gasteiger partial charge in [0, 0.05) is 33.4 Å². The van der Waals surface area contributed by atoms with E-state index in [1.165, 1.54) is 11.1 Å². The van der Waals surface area contributed by atoms with Gasteiger partial charge in [-0.15, -0.1) is 0 Å². The molecule has 132 valence electrons. The molecule has 5 heteroatoms. The number of hydrogen-bond acceptors (Lipinski definition) is 4. The number of nitrogens with zero attached hydrogens (tertiary/aromatic N) is 3. The highest BCUT2D eigenvalue weighted by Crippen LogP contribution is 2.36. The summed E-state index contributed by atoms with van der Waals surface area (Å²) in [5, 5.41) is 9.25. The number of aliphatic hydroxyl groups excluding tert-OH is 1. The van der Waals surface area contributed by atoms with Crippen LogP contribution in [0.5, 0.6) is 0 Å². The summed E-state index contributed by atoms with van der Waals surface area (Å²) in [5.74, 6) is 0.803. The van der Waals surface area contributed by atoms with Crippen molar-refractivity contribution in [1.29, 1.82) is 0 Å². The largest absolute Gasteiger partial charge is 0.396 e. The zero-order valence-electron chi connectivity index (χ0n) is 14.9. The van der Waals surface area contributed by atoms with Gasteiger partial charge in [0.1, 0.15) is 5.82 Å². The zero-order valence-corrected chi connectivity index (χ0v) is 14.9. The molecule has 1 N–H and O–H groups in total. The summed E-state index contributed by atoms with van der Waals surface area (Å²) in [6.07, 6.45) is 4.14. The standard InChI is InChI=1S/C20H25N3O2/c1-22(2)19-11-9-16(14-21-19)20(25)23(12-5-13-24)18-10-8-15-6-3-4-7-17(15)18/h3-4,6-7,9,11,14,18,24H,5,8,10,12-13H2,1-2H3/t18-/m0/s1. The number of pyridine rings is 1. The normalized spacial score (nSPS) is 15.7. The van der Waals surface area contributed by atoms with Crippen LogP contribution in [0.15, 0.2) is 42.6 Å². The Balaban J connectivity index is 1.87. The van der Waals surface area contributed by atoms with Crippen molar-refractivity contribution in [3.05, 3.63) is 59.3 Å². The van der Waals surface area contributed by atoms with Crippen LogP contribution in [0.3, 0.4) is 0 Å². The Morgan fingerprint density at radius 2 is 2.04 bits per heavy atom. The molecule has 2 aromatic rings. The van der Waals surface area contributed by atoms with Crippen molar-refractivity contribution >= 4 is 11.7 Å². The van der Waals surface area contributed by atoms with E-state index in [0.717, 1.165) is 18.7 Å². The van der Waals surface area contributed by atoms with Gasteiger partial charge in [-0.05, 0) is 42.5 Å². The molecule has 25 heavy (non-hydrogen) atoms. The Bertz CT molecular complexity index is 728. The maximum atomic E-state index is 13.1. The molecule has 0 aliphatic heterocycles. The van der Waals surface area contributed by atoms with Crippen LogP contribution >= 0.6 is 0 Å². The van der Waals surface area contributed by atoms with E-state index in [-0.39, 0.29) is 18.6 Å². The smallest absolute Gasteiger partial charge is 0.255 e. The van der Waals surface area contributed by atoms with Crippen LogP contribution in [0.2, 0.25) is 0 Å². The van der Waals surface area contributed by atoms with Crippen LogP contribution in [0.1, 0.15) is 40.4 Å². The number of fused-ring (bicyclic) bond motifs is 1. The van der Waals surface area contributed by atoms with Gasteiger partial charge in [0.15, 0.2) is 0 Å². The first-order valence-corrected chi connectivity index (χ1v) is 8.75. The number of amides is 1. The third-order valence-corrected chi connectivity index (χ3v) is 4.75. The topological polar surface area (TPSA) is 56.7 Å². The number of aryl methyl sites for hydroxylation is 1. The molecule has 1 aromatic carbocycles.